The number of allylic oxidation sites excluding steroid dienone is 2. The molecule has 1 aromatic rings. The Hall–Kier alpha value is -0.790. The second kappa shape index (κ2) is 6.83. The molecule has 0 aliphatic carbocycles. The van der Waals surface area contributed by atoms with Crippen molar-refractivity contribution < 1.29 is 4.79 Å². The first-order valence-electron chi connectivity index (χ1n) is 5.73. The van der Waals surface area contributed by atoms with Gasteiger partial charge in [-0.15, -0.1) is 0 Å². The van der Waals surface area contributed by atoms with Crippen LogP contribution in [0.1, 0.15) is 32.3 Å². The van der Waals surface area contributed by atoms with Crippen molar-refractivity contribution in [2.75, 3.05) is 0 Å². The molecule has 0 fully saturated rings. The molecule has 0 N–H and O–H groups in total. The monoisotopic (exact) mass is 270 g/mol. The summed E-state index contributed by atoms with van der Waals surface area (Å²) in [6.45, 7) is 4.11. The van der Waals surface area contributed by atoms with Crippen LogP contribution in [0.3, 0.4) is 0 Å². The zero-order valence-corrected chi connectivity index (χ0v) is 11.6. The van der Waals surface area contributed by atoms with Gasteiger partial charge in [-0.2, -0.15) is 0 Å². The molecule has 0 unspecified atom stereocenters. The minimum absolute atomic E-state index is 0.113. The molecule has 1 nitrogen and oxygen atoms in total. The third kappa shape index (κ3) is 4.53. The van der Waals surface area contributed by atoms with Gasteiger partial charge in [0.05, 0.1) is 10.0 Å². The first kappa shape index (κ1) is 14.3. The molecule has 0 bridgehead atoms. The number of hydrogen-bond acceptors (Lipinski definition) is 1. The van der Waals surface area contributed by atoms with E-state index in [0.717, 1.165) is 18.4 Å². The fraction of sp³-hybridized carbons (Fsp3) is 0.357. The van der Waals surface area contributed by atoms with Gasteiger partial charge in [-0.3, -0.25) is 4.79 Å². The molecular weight excluding hydrogens is 255 g/mol. The van der Waals surface area contributed by atoms with E-state index in [9.17, 15) is 4.79 Å². The topological polar surface area (TPSA) is 17.1 Å². The summed E-state index contributed by atoms with van der Waals surface area (Å²) in [5.41, 5.74) is 2.07. The zero-order valence-electron chi connectivity index (χ0n) is 10.1. The lowest BCUT2D eigenvalue weighted by Gasteiger charge is -2.02. The third-order valence-electron chi connectivity index (χ3n) is 2.64. The second-order valence-corrected chi connectivity index (χ2v) is 4.72. The van der Waals surface area contributed by atoms with Gasteiger partial charge in [-0.05, 0) is 36.6 Å². The van der Waals surface area contributed by atoms with Crippen LogP contribution in [0.25, 0.3) is 0 Å². The molecule has 0 amide bonds. The molecule has 1 rings (SSSR count). The third-order valence-corrected chi connectivity index (χ3v) is 3.37. The van der Waals surface area contributed by atoms with Crippen LogP contribution in [0.5, 0.6) is 0 Å². The van der Waals surface area contributed by atoms with Crippen LogP contribution in [0.15, 0.2) is 29.8 Å². The SMILES string of the molecule is CCC(=CC(=O)Cc1ccc(Cl)c(Cl)c1)CC. The minimum Gasteiger partial charge on any atom is -0.294 e. The Morgan fingerprint density at radius 1 is 1.18 bits per heavy atom. The summed E-state index contributed by atoms with van der Waals surface area (Å²) >= 11 is 11.7. The smallest absolute Gasteiger partial charge is 0.160 e. The van der Waals surface area contributed by atoms with Gasteiger partial charge in [0.15, 0.2) is 5.78 Å². The predicted octanol–water partition coefficient (Wildman–Crippen LogP) is 4.85. The van der Waals surface area contributed by atoms with Crippen molar-refractivity contribution in [2.45, 2.75) is 33.1 Å². The number of carbonyl (C=O) groups excluding carboxylic acids is 1. The van der Waals surface area contributed by atoms with Crippen molar-refractivity contribution in [3.8, 4) is 0 Å². The highest BCUT2D eigenvalue weighted by Gasteiger charge is 2.04. The number of ketones is 1. The lowest BCUT2D eigenvalue weighted by atomic mass is 10.0. The molecule has 0 spiro atoms. The Bertz CT molecular complexity index is 430. The summed E-state index contributed by atoms with van der Waals surface area (Å²) < 4.78 is 0. The number of hydrogen-bond donors (Lipinski definition) is 0. The lowest BCUT2D eigenvalue weighted by molar-refractivity contribution is -0.114. The van der Waals surface area contributed by atoms with E-state index >= 15 is 0 Å². The molecule has 0 heterocycles. The molecule has 0 atom stereocenters. The Morgan fingerprint density at radius 3 is 2.35 bits per heavy atom. The van der Waals surface area contributed by atoms with Crippen molar-refractivity contribution in [1.82, 2.24) is 0 Å². The number of rotatable bonds is 5. The molecule has 0 saturated carbocycles. The van der Waals surface area contributed by atoms with E-state index in [4.69, 9.17) is 23.2 Å². The number of carbonyl (C=O) groups is 1. The molecule has 3 heteroatoms. The molecule has 0 saturated heterocycles. The van der Waals surface area contributed by atoms with Crippen LogP contribution in [0.4, 0.5) is 0 Å². The molecule has 92 valence electrons. The van der Waals surface area contributed by atoms with Gasteiger partial charge in [-0.25, -0.2) is 0 Å². The van der Waals surface area contributed by atoms with Gasteiger partial charge in [0, 0.05) is 6.42 Å². The average Bonchev–Trinajstić information content (AvgIpc) is 2.31. The van der Waals surface area contributed by atoms with Crippen LogP contribution in [0, 0.1) is 0 Å². The number of benzene rings is 1. The highest BCUT2D eigenvalue weighted by atomic mass is 35.5. The summed E-state index contributed by atoms with van der Waals surface area (Å²) in [6.07, 6.45) is 3.95. The summed E-state index contributed by atoms with van der Waals surface area (Å²) in [5.74, 6) is 0.113. The normalized spacial score (nSPS) is 10.1. The highest BCUT2D eigenvalue weighted by molar-refractivity contribution is 6.42. The van der Waals surface area contributed by atoms with Crippen LogP contribution in [0.2, 0.25) is 10.0 Å². The Morgan fingerprint density at radius 2 is 1.82 bits per heavy atom. The fourth-order valence-electron chi connectivity index (χ4n) is 1.58. The molecule has 0 radical (unpaired) electrons. The Kier molecular flexibility index (Phi) is 5.73. The standard InChI is InChI=1S/C14H16Cl2O/c1-3-10(4-2)7-12(17)8-11-5-6-13(15)14(16)9-11/h5-7,9H,3-4,8H2,1-2H3. The van der Waals surface area contributed by atoms with E-state index in [0.29, 0.717) is 16.5 Å². The summed E-state index contributed by atoms with van der Waals surface area (Å²) in [6, 6.07) is 5.29. The van der Waals surface area contributed by atoms with Crippen molar-refractivity contribution in [1.29, 1.82) is 0 Å². The minimum atomic E-state index is 0.113. The average molecular weight is 271 g/mol. The summed E-state index contributed by atoms with van der Waals surface area (Å²) in [7, 11) is 0. The van der Waals surface area contributed by atoms with E-state index in [2.05, 4.69) is 13.8 Å². The molecular formula is C14H16Cl2O. The molecule has 0 aliphatic rings. The summed E-state index contributed by atoms with van der Waals surface area (Å²) in [4.78, 5) is 11.8. The van der Waals surface area contributed by atoms with Crippen molar-refractivity contribution in [3.63, 3.8) is 0 Å². The van der Waals surface area contributed by atoms with Crippen molar-refractivity contribution in [2.24, 2.45) is 0 Å². The molecule has 17 heavy (non-hydrogen) atoms. The predicted molar refractivity (Wildman–Crippen MR) is 73.8 cm³/mol. The van der Waals surface area contributed by atoms with Gasteiger partial charge in [0.2, 0.25) is 0 Å². The molecule has 0 aliphatic heterocycles. The van der Waals surface area contributed by atoms with E-state index in [1.54, 1.807) is 18.2 Å². The van der Waals surface area contributed by atoms with E-state index in [1.165, 1.54) is 5.57 Å². The van der Waals surface area contributed by atoms with Crippen LogP contribution in [-0.2, 0) is 11.2 Å². The Balaban J connectivity index is 2.74. The van der Waals surface area contributed by atoms with Crippen LogP contribution >= 0.6 is 23.2 Å². The lowest BCUT2D eigenvalue weighted by Crippen LogP contribution is -2.00. The first-order chi connectivity index (χ1) is 8.06. The second-order valence-electron chi connectivity index (χ2n) is 3.90. The van der Waals surface area contributed by atoms with Gasteiger partial charge < -0.3 is 0 Å². The van der Waals surface area contributed by atoms with E-state index in [-0.39, 0.29) is 5.78 Å². The Labute approximate surface area is 112 Å². The van der Waals surface area contributed by atoms with Crippen molar-refractivity contribution >= 4 is 29.0 Å². The first-order valence-corrected chi connectivity index (χ1v) is 6.48. The largest absolute Gasteiger partial charge is 0.294 e. The maximum atomic E-state index is 11.8. The fourth-order valence-corrected chi connectivity index (χ4v) is 1.90. The highest BCUT2D eigenvalue weighted by Crippen LogP contribution is 2.23. The van der Waals surface area contributed by atoms with Gasteiger partial charge >= 0.3 is 0 Å². The number of halogens is 2. The van der Waals surface area contributed by atoms with Gasteiger partial charge in [0.1, 0.15) is 0 Å². The van der Waals surface area contributed by atoms with Gasteiger partial charge in [0.25, 0.3) is 0 Å². The van der Waals surface area contributed by atoms with Crippen LogP contribution in [-0.4, -0.2) is 5.78 Å². The summed E-state index contributed by atoms with van der Waals surface area (Å²) in [5, 5.41) is 1.01. The van der Waals surface area contributed by atoms with Crippen LogP contribution < -0.4 is 0 Å². The molecule has 1 aromatic carbocycles. The maximum absolute atomic E-state index is 11.8. The van der Waals surface area contributed by atoms with Gasteiger partial charge in [-0.1, -0.05) is 48.7 Å². The van der Waals surface area contributed by atoms with E-state index in [1.807, 2.05) is 6.07 Å². The zero-order chi connectivity index (χ0) is 12.8. The maximum Gasteiger partial charge on any atom is 0.160 e. The van der Waals surface area contributed by atoms with E-state index < -0.39 is 0 Å². The molecule has 0 aromatic heterocycles. The van der Waals surface area contributed by atoms with Crippen molar-refractivity contribution in [3.05, 3.63) is 45.5 Å². The quantitative estimate of drug-likeness (QED) is 0.699.